The number of hydrogen-bond acceptors (Lipinski definition) is 6. The zero-order valence-corrected chi connectivity index (χ0v) is 18.0. The van der Waals surface area contributed by atoms with Crippen LogP contribution in [0, 0.1) is 13.8 Å². The zero-order chi connectivity index (χ0) is 20.2. The summed E-state index contributed by atoms with van der Waals surface area (Å²) >= 11 is 3.32. The van der Waals surface area contributed by atoms with E-state index < -0.39 is 10.0 Å². The van der Waals surface area contributed by atoms with Gasteiger partial charge in [0.05, 0.1) is 29.3 Å². The number of halogens is 1. The smallest absolute Gasteiger partial charge is 0.255 e. The number of nitrogens with one attached hydrogen (secondary N) is 1. The van der Waals surface area contributed by atoms with Crippen molar-refractivity contribution in [1.82, 2.24) is 14.8 Å². The fourth-order valence-corrected chi connectivity index (χ4v) is 3.89. The third-order valence-electron chi connectivity index (χ3n) is 4.00. The van der Waals surface area contributed by atoms with Crippen molar-refractivity contribution in [1.29, 1.82) is 0 Å². The van der Waals surface area contributed by atoms with Crippen LogP contribution in [0.1, 0.15) is 27.4 Å². The number of ether oxygens (including phenoxy) is 1. The number of aromatic nitrogens is 1. The molecule has 0 radical (unpaired) electrons. The predicted molar refractivity (Wildman–Crippen MR) is 103 cm³/mol. The molecule has 0 aliphatic heterocycles. The monoisotopic (exact) mass is 459 g/mol. The van der Waals surface area contributed by atoms with Crippen molar-refractivity contribution < 1.29 is 22.5 Å². The highest BCUT2D eigenvalue weighted by molar-refractivity contribution is 9.10. The Morgan fingerprint density at radius 3 is 2.67 bits per heavy atom. The molecule has 0 atom stereocenters. The minimum atomic E-state index is -3.74. The summed E-state index contributed by atoms with van der Waals surface area (Å²) in [5, 5.41) is 3.88. The third-order valence-corrected chi connectivity index (χ3v) is 6.15. The first-order chi connectivity index (χ1) is 12.7. The van der Waals surface area contributed by atoms with E-state index in [0.29, 0.717) is 22.5 Å². The van der Waals surface area contributed by atoms with Crippen LogP contribution in [0.2, 0.25) is 0 Å². The summed E-state index contributed by atoms with van der Waals surface area (Å²) in [6.07, 6.45) is 0. The molecule has 10 heteroatoms. The molecule has 0 saturated heterocycles. The van der Waals surface area contributed by atoms with E-state index in [0.717, 1.165) is 5.56 Å². The van der Waals surface area contributed by atoms with Gasteiger partial charge in [-0.25, -0.2) is 13.1 Å². The predicted octanol–water partition coefficient (Wildman–Crippen LogP) is 2.25. The van der Waals surface area contributed by atoms with Gasteiger partial charge >= 0.3 is 0 Å². The van der Waals surface area contributed by atoms with Crippen LogP contribution in [0.4, 0.5) is 0 Å². The zero-order valence-electron chi connectivity index (χ0n) is 15.6. The number of sulfonamides is 1. The maximum Gasteiger partial charge on any atom is 0.255 e. The number of amides is 1. The highest BCUT2D eigenvalue weighted by Crippen LogP contribution is 2.23. The molecule has 1 aromatic carbocycles. The lowest BCUT2D eigenvalue weighted by atomic mass is 10.1. The lowest BCUT2D eigenvalue weighted by Gasteiger charge is -2.18. The van der Waals surface area contributed by atoms with E-state index in [4.69, 9.17) is 9.26 Å². The van der Waals surface area contributed by atoms with Gasteiger partial charge in [-0.15, -0.1) is 0 Å². The molecular weight excluding hydrogens is 438 g/mol. The maximum atomic E-state index is 12.9. The van der Waals surface area contributed by atoms with E-state index in [9.17, 15) is 13.2 Å². The quantitative estimate of drug-likeness (QED) is 0.607. The van der Waals surface area contributed by atoms with E-state index in [1.807, 2.05) is 0 Å². The molecule has 0 aliphatic carbocycles. The van der Waals surface area contributed by atoms with Gasteiger partial charge in [0.1, 0.15) is 5.76 Å². The van der Waals surface area contributed by atoms with Gasteiger partial charge in [-0.05, 0) is 48.0 Å². The minimum absolute atomic E-state index is 0.0101. The molecule has 0 aliphatic rings. The Bertz CT molecular complexity index is 907. The lowest BCUT2D eigenvalue weighted by molar-refractivity contribution is 0.0783. The van der Waals surface area contributed by atoms with Crippen molar-refractivity contribution in [3.8, 4) is 0 Å². The summed E-state index contributed by atoms with van der Waals surface area (Å²) in [6, 6.07) is 4.33. The van der Waals surface area contributed by atoms with Crippen LogP contribution in [0.3, 0.4) is 0 Å². The second-order valence-electron chi connectivity index (χ2n) is 6.00. The van der Waals surface area contributed by atoms with Crippen molar-refractivity contribution in [2.75, 3.05) is 27.3 Å². The molecule has 148 valence electrons. The first-order valence-corrected chi connectivity index (χ1v) is 10.4. The Kier molecular flexibility index (Phi) is 7.15. The molecular formula is C17H22BrN3O5S. The van der Waals surface area contributed by atoms with Gasteiger partial charge in [0.25, 0.3) is 5.91 Å². The Morgan fingerprint density at radius 2 is 2.07 bits per heavy atom. The van der Waals surface area contributed by atoms with Crippen molar-refractivity contribution in [2.24, 2.45) is 0 Å². The van der Waals surface area contributed by atoms with E-state index in [1.165, 1.54) is 24.1 Å². The second kappa shape index (κ2) is 8.96. The Morgan fingerprint density at radius 1 is 1.37 bits per heavy atom. The fraction of sp³-hybridized carbons (Fsp3) is 0.412. The maximum absolute atomic E-state index is 12.9. The number of aryl methyl sites for hydroxylation is 2. The normalized spacial score (nSPS) is 11.6. The van der Waals surface area contributed by atoms with Crippen LogP contribution < -0.4 is 4.72 Å². The van der Waals surface area contributed by atoms with Gasteiger partial charge in [0, 0.05) is 30.7 Å². The molecule has 2 rings (SSSR count). The summed E-state index contributed by atoms with van der Waals surface area (Å²) < 4.78 is 37.7. The molecule has 1 N–H and O–H groups in total. The summed E-state index contributed by atoms with van der Waals surface area (Å²) in [5.74, 6) is 0.320. The molecule has 8 nitrogen and oxygen atoms in total. The molecule has 2 aromatic rings. The number of benzene rings is 1. The number of carbonyl (C=O) groups excluding carboxylic acids is 1. The molecule has 1 heterocycles. The first-order valence-electron chi connectivity index (χ1n) is 8.12. The molecule has 0 spiro atoms. The standard InChI is InChI=1S/C17H22BrN3O5S/c1-11-15(12(2)26-20-11)10-21(3)17(22)14-9-13(5-6-16(14)18)27(23,24)19-7-8-25-4/h5-6,9,19H,7-8,10H2,1-4H3. The largest absolute Gasteiger partial charge is 0.383 e. The number of carbonyl (C=O) groups is 1. The molecule has 0 fully saturated rings. The van der Waals surface area contributed by atoms with Gasteiger partial charge in [-0.3, -0.25) is 4.79 Å². The topological polar surface area (TPSA) is 102 Å². The molecule has 0 bridgehead atoms. The second-order valence-corrected chi connectivity index (χ2v) is 8.62. The molecule has 0 saturated carbocycles. The van der Waals surface area contributed by atoms with Crippen molar-refractivity contribution >= 4 is 31.9 Å². The van der Waals surface area contributed by atoms with Gasteiger partial charge in [0.15, 0.2) is 0 Å². The van der Waals surface area contributed by atoms with E-state index >= 15 is 0 Å². The number of rotatable bonds is 8. The van der Waals surface area contributed by atoms with Crippen molar-refractivity contribution in [3.05, 3.63) is 45.3 Å². The van der Waals surface area contributed by atoms with Gasteiger partial charge in [-0.1, -0.05) is 5.16 Å². The molecule has 0 unspecified atom stereocenters. The van der Waals surface area contributed by atoms with Crippen molar-refractivity contribution in [2.45, 2.75) is 25.3 Å². The van der Waals surface area contributed by atoms with Crippen LogP contribution in [0.15, 0.2) is 32.1 Å². The van der Waals surface area contributed by atoms with Gasteiger partial charge in [-0.2, -0.15) is 0 Å². The van der Waals surface area contributed by atoms with E-state index in [1.54, 1.807) is 27.0 Å². The highest BCUT2D eigenvalue weighted by atomic mass is 79.9. The fourth-order valence-electron chi connectivity index (χ4n) is 2.44. The highest BCUT2D eigenvalue weighted by Gasteiger charge is 2.22. The van der Waals surface area contributed by atoms with Crippen LogP contribution in [0.5, 0.6) is 0 Å². The van der Waals surface area contributed by atoms with Crippen LogP contribution in [0.25, 0.3) is 0 Å². The van der Waals surface area contributed by atoms with Crippen LogP contribution in [-0.2, 0) is 21.3 Å². The van der Waals surface area contributed by atoms with Gasteiger partial charge in [0.2, 0.25) is 10.0 Å². The Hall–Kier alpha value is -1.75. The summed E-state index contributed by atoms with van der Waals surface area (Å²) in [6.45, 7) is 4.28. The molecule has 1 aromatic heterocycles. The van der Waals surface area contributed by atoms with Crippen LogP contribution >= 0.6 is 15.9 Å². The van der Waals surface area contributed by atoms with Crippen molar-refractivity contribution in [3.63, 3.8) is 0 Å². The van der Waals surface area contributed by atoms with Crippen LogP contribution in [-0.4, -0.2) is 51.7 Å². The summed E-state index contributed by atoms with van der Waals surface area (Å²) in [5.41, 5.74) is 1.79. The SMILES string of the molecule is COCCNS(=O)(=O)c1ccc(Br)c(C(=O)N(C)Cc2c(C)noc2C)c1. The summed E-state index contributed by atoms with van der Waals surface area (Å²) in [7, 11) is -0.618. The molecule has 1 amide bonds. The number of hydrogen-bond donors (Lipinski definition) is 1. The number of methoxy groups -OCH3 is 1. The van der Waals surface area contributed by atoms with Gasteiger partial charge < -0.3 is 14.2 Å². The Balaban J connectivity index is 2.25. The molecule has 27 heavy (non-hydrogen) atoms. The number of nitrogens with zero attached hydrogens (tertiary/aromatic N) is 2. The first kappa shape index (κ1) is 21.5. The summed E-state index contributed by atoms with van der Waals surface area (Å²) in [4.78, 5) is 14.4. The average Bonchev–Trinajstić information content (AvgIpc) is 2.93. The van der Waals surface area contributed by atoms with E-state index in [-0.39, 0.29) is 29.5 Å². The minimum Gasteiger partial charge on any atom is -0.383 e. The van der Waals surface area contributed by atoms with E-state index in [2.05, 4.69) is 25.8 Å². The average molecular weight is 460 g/mol. The lowest BCUT2D eigenvalue weighted by Crippen LogP contribution is -2.29. The Labute approximate surface area is 167 Å². The third kappa shape index (κ3) is 5.16.